The first-order valence-electron chi connectivity index (χ1n) is 29.9. The zero-order chi connectivity index (χ0) is 61.9. The summed E-state index contributed by atoms with van der Waals surface area (Å²) in [6.45, 7) is 16.5. The number of hydrogen-bond acceptors (Lipinski definition) is 16. The molecule has 4 N–H and O–H groups in total. The number of hydrogen-bond donors (Lipinski definition) is 4. The predicted molar refractivity (Wildman–Crippen MR) is 312 cm³/mol. The van der Waals surface area contributed by atoms with Gasteiger partial charge in [0.25, 0.3) is 17.7 Å². The standard InChI is InChI=1S/C60H97N9O15/c1-12-42(6)55(47(79-10)39-52(74)67-28-18-22-46(67)56(80-11)43(7)57(75)61-45(38-44-20-14-13-15-21-44)59(77)69-29-16-17-31-84-69)66(9)60(78)53(40(2)3)62-58(76)54(41(4)5)65(8)27-19-23-48(70)63-64-49(71)26-32-81-34-36-83-37-35-82-33-30-68-50(72)24-25-51(68)73/h13-15,20-21,24-25,40-43,45-47,53-56H,12,16-19,22-23,26-39H2,1-11H3,(H,61,75)(H,62,76)(H,63,70)(H,64,71)/t42-,43+,45-,46-,47+,53-,54-,55-,56+/m0/s1. The Labute approximate surface area is 496 Å². The minimum absolute atomic E-state index is 0.000998. The third-order valence-electron chi connectivity index (χ3n) is 15.8. The van der Waals surface area contributed by atoms with Crippen molar-refractivity contribution in [2.45, 2.75) is 155 Å². The molecule has 0 spiro atoms. The molecule has 3 aliphatic rings. The summed E-state index contributed by atoms with van der Waals surface area (Å²) in [6.07, 6.45) is 5.21. The van der Waals surface area contributed by atoms with Crippen molar-refractivity contribution in [2.24, 2.45) is 23.7 Å². The van der Waals surface area contributed by atoms with Gasteiger partial charge in [-0.25, -0.2) is 5.06 Å². The van der Waals surface area contributed by atoms with Crippen LogP contribution in [0.1, 0.15) is 112 Å². The molecule has 1 aromatic rings. The number of hydroxylamine groups is 2. The number of likely N-dealkylation sites (N-methyl/N-ethyl adjacent to an activating group) is 2. The van der Waals surface area contributed by atoms with Gasteiger partial charge in [-0.3, -0.25) is 68.6 Å². The van der Waals surface area contributed by atoms with Crippen molar-refractivity contribution in [3.05, 3.63) is 48.0 Å². The highest BCUT2D eigenvalue weighted by Gasteiger charge is 2.44. The number of nitrogens with one attached hydrogen (secondary N) is 4. The molecule has 9 amide bonds. The number of methoxy groups -OCH3 is 2. The van der Waals surface area contributed by atoms with Gasteiger partial charge in [-0.15, -0.1) is 0 Å². The fraction of sp³-hybridized carbons (Fsp3) is 0.717. The third kappa shape index (κ3) is 21.9. The first-order valence-corrected chi connectivity index (χ1v) is 29.9. The normalized spacial score (nSPS) is 18.3. The van der Waals surface area contributed by atoms with Crippen LogP contribution in [0.15, 0.2) is 42.5 Å². The summed E-state index contributed by atoms with van der Waals surface area (Å²) in [6, 6.07) is 5.98. The molecule has 84 heavy (non-hydrogen) atoms. The van der Waals surface area contributed by atoms with Crippen LogP contribution in [-0.4, -0.2) is 221 Å². The molecule has 3 heterocycles. The maximum atomic E-state index is 14.7. The van der Waals surface area contributed by atoms with E-state index in [0.29, 0.717) is 51.9 Å². The largest absolute Gasteiger partial charge is 0.379 e. The van der Waals surface area contributed by atoms with E-state index in [4.69, 9.17) is 28.5 Å². The van der Waals surface area contributed by atoms with Gasteiger partial charge in [0, 0.05) is 59.4 Å². The molecule has 9 atom stereocenters. The van der Waals surface area contributed by atoms with Gasteiger partial charge in [-0.2, -0.15) is 0 Å². The Morgan fingerprint density at radius 3 is 1.95 bits per heavy atom. The number of hydrazine groups is 1. The molecule has 0 radical (unpaired) electrons. The van der Waals surface area contributed by atoms with E-state index in [2.05, 4.69) is 21.5 Å². The minimum Gasteiger partial charge on any atom is -0.379 e. The van der Waals surface area contributed by atoms with E-state index in [1.54, 1.807) is 30.8 Å². The lowest BCUT2D eigenvalue weighted by Crippen LogP contribution is -2.60. The Kier molecular flexibility index (Phi) is 31.0. The second kappa shape index (κ2) is 36.8. The van der Waals surface area contributed by atoms with Crippen molar-refractivity contribution in [3.8, 4) is 0 Å². The van der Waals surface area contributed by atoms with E-state index in [0.717, 1.165) is 23.3 Å². The summed E-state index contributed by atoms with van der Waals surface area (Å²) in [5, 5.41) is 7.41. The molecule has 0 unspecified atom stereocenters. The van der Waals surface area contributed by atoms with Crippen molar-refractivity contribution in [1.82, 2.24) is 46.1 Å². The van der Waals surface area contributed by atoms with Gasteiger partial charge in [0.15, 0.2) is 0 Å². The molecule has 0 aromatic heterocycles. The Hall–Kier alpha value is -5.89. The maximum Gasteiger partial charge on any atom is 0.269 e. The van der Waals surface area contributed by atoms with Crippen LogP contribution >= 0.6 is 0 Å². The van der Waals surface area contributed by atoms with E-state index >= 15 is 0 Å². The molecular formula is C60H97N9O15. The number of imide groups is 1. The van der Waals surface area contributed by atoms with E-state index in [-0.39, 0.29) is 131 Å². The molecule has 24 heteroatoms. The number of benzene rings is 1. The number of carbonyl (C=O) groups excluding carboxylic acids is 9. The molecule has 0 saturated carbocycles. The van der Waals surface area contributed by atoms with Crippen LogP contribution in [0.5, 0.6) is 0 Å². The molecule has 1 aromatic carbocycles. The first kappa shape index (κ1) is 70.6. The van der Waals surface area contributed by atoms with Gasteiger partial charge < -0.3 is 44.1 Å². The summed E-state index contributed by atoms with van der Waals surface area (Å²) in [5.74, 6) is -4.55. The monoisotopic (exact) mass is 1180 g/mol. The molecule has 0 aliphatic carbocycles. The first-order chi connectivity index (χ1) is 40.1. The van der Waals surface area contributed by atoms with Crippen LogP contribution < -0.4 is 21.5 Å². The van der Waals surface area contributed by atoms with Gasteiger partial charge >= 0.3 is 0 Å². The molecular weight excluding hydrogens is 1090 g/mol. The van der Waals surface area contributed by atoms with Crippen molar-refractivity contribution >= 4 is 53.2 Å². The van der Waals surface area contributed by atoms with Gasteiger partial charge in [0.05, 0.1) is 102 Å². The average molecular weight is 1180 g/mol. The van der Waals surface area contributed by atoms with Crippen molar-refractivity contribution in [1.29, 1.82) is 0 Å². The van der Waals surface area contributed by atoms with E-state index in [9.17, 15) is 43.2 Å². The lowest BCUT2D eigenvalue weighted by Gasteiger charge is -2.41. The second-order valence-corrected chi connectivity index (χ2v) is 22.7. The predicted octanol–water partition coefficient (Wildman–Crippen LogP) is 2.58. The van der Waals surface area contributed by atoms with Gasteiger partial charge in [-0.1, -0.05) is 85.2 Å². The molecule has 2 fully saturated rings. The van der Waals surface area contributed by atoms with Crippen LogP contribution in [0.3, 0.4) is 0 Å². The fourth-order valence-electron chi connectivity index (χ4n) is 11.0. The summed E-state index contributed by atoms with van der Waals surface area (Å²) >= 11 is 0. The smallest absolute Gasteiger partial charge is 0.269 e. The number of carbonyl (C=O) groups is 9. The van der Waals surface area contributed by atoms with Crippen LogP contribution in [0.25, 0.3) is 0 Å². The quantitative estimate of drug-likeness (QED) is 0.0424. The Morgan fingerprint density at radius 2 is 1.37 bits per heavy atom. The number of nitrogens with zero attached hydrogens (tertiary/aromatic N) is 5. The van der Waals surface area contributed by atoms with Crippen LogP contribution in [0, 0.1) is 23.7 Å². The number of amides is 9. The zero-order valence-corrected chi connectivity index (χ0v) is 51.6. The summed E-state index contributed by atoms with van der Waals surface area (Å²) in [4.78, 5) is 132. The highest BCUT2D eigenvalue weighted by Crippen LogP contribution is 2.30. The van der Waals surface area contributed by atoms with E-state index in [1.807, 2.05) is 76.8 Å². The number of likely N-dealkylation sites (tertiary alicyclic amines) is 1. The molecule has 24 nitrogen and oxygen atoms in total. The van der Waals surface area contributed by atoms with Gasteiger partial charge in [0.2, 0.25) is 35.4 Å². The lowest BCUT2D eigenvalue weighted by molar-refractivity contribution is -0.199. The minimum atomic E-state index is -0.929. The Balaban J connectivity index is 1.26. The molecule has 3 aliphatic heterocycles. The topological polar surface area (TPSA) is 273 Å². The highest BCUT2D eigenvalue weighted by atomic mass is 16.7. The Morgan fingerprint density at radius 1 is 0.738 bits per heavy atom. The van der Waals surface area contributed by atoms with Gasteiger partial charge in [-0.05, 0) is 69.0 Å². The summed E-state index contributed by atoms with van der Waals surface area (Å²) in [5.41, 5.74) is 5.69. The van der Waals surface area contributed by atoms with Crippen LogP contribution in [-0.2, 0) is 78.1 Å². The molecule has 4 rings (SSSR count). The summed E-state index contributed by atoms with van der Waals surface area (Å²) < 4.78 is 28.4. The van der Waals surface area contributed by atoms with Crippen molar-refractivity contribution in [3.63, 3.8) is 0 Å². The van der Waals surface area contributed by atoms with E-state index < -0.39 is 60.1 Å². The van der Waals surface area contributed by atoms with Crippen LogP contribution in [0.2, 0.25) is 0 Å². The fourth-order valence-corrected chi connectivity index (χ4v) is 11.0. The summed E-state index contributed by atoms with van der Waals surface area (Å²) in [7, 11) is 6.52. The van der Waals surface area contributed by atoms with Crippen molar-refractivity contribution < 1.29 is 71.7 Å². The number of rotatable bonds is 37. The zero-order valence-electron chi connectivity index (χ0n) is 51.6. The number of ether oxygens (including phenoxy) is 5. The molecule has 0 bridgehead atoms. The van der Waals surface area contributed by atoms with Crippen LogP contribution in [0.4, 0.5) is 0 Å². The maximum absolute atomic E-state index is 14.7. The SMILES string of the molecule is CC[C@H](C)[C@@H]([C@@H](CC(=O)N1CCC[C@H]1[C@H](OC)[C@@H](C)C(=O)N[C@@H](Cc1ccccc1)C(=O)N1CCCCO1)OC)N(C)C(=O)[C@@H](NC(=O)[C@H](C(C)C)N(C)CCCC(=O)NNC(=O)CCOCCOCCOCCN1C(=O)C=CC1=O)C(C)C. The van der Waals surface area contributed by atoms with E-state index in [1.165, 1.54) is 31.4 Å². The van der Waals surface area contributed by atoms with Gasteiger partial charge in [0.1, 0.15) is 12.1 Å². The molecule has 472 valence electrons. The average Bonchev–Trinajstić information content (AvgIpc) is 3.40. The molecule has 2 saturated heterocycles. The van der Waals surface area contributed by atoms with Crippen molar-refractivity contribution in [2.75, 3.05) is 101 Å². The Bertz CT molecular complexity index is 2280. The second-order valence-electron chi connectivity index (χ2n) is 22.7. The lowest BCUT2D eigenvalue weighted by atomic mass is 9.89. The highest BCUT2D eigenvalue weighted by molar-refractivity contribution is 6.12. The third-order valence-corrected chi connectivity index (χ3v) is 15.8.